The first-order valence-electron chi connectivity index (χ1n) is 13.4. The van der Waals surface area contributed by atoms with Gasteiger partial charge in [-0.05, 0) is 85.9 Å². The summed E-state index contributed by atoms with van der Waals surface area (Å²) in [4.78, 5) is 0. The van der Waals surface area contributed by atoms with Crippen molar-refractivity contribution in [2.45, 2.75) is 131 Å². The quantitative estimate of drug-likeness (QED) is 0.440. The smallest absolute Gasteiger partial charge is 0.0381 e. The van der Waals surface area contributed by atoms with E-state index >= 15 is 0 Å². The van der Waals surface area contributed by atoms with E-state index in [2.05, 4.69) is 41.5 Å². The predicted octanol–water partition coefficient (Wildman–Crippen LogP) is 9.52. The van der Waals surface area contributed by atoms with Crippen molar-refractivity contribution in [3.63, 3.8) is 0 Å². The number of hydrogen-bond donors (Lipinski definition) is 0. The van der Waals surface area contributed by atoms with Gasteiger partial charge in [-0.15, -0.1) is 0 Å². The van der Waals surface area contributed by atoms with E-state index in [4.69, 9.17) is 0 Å². The van der Waals surface area contributed by atoms with Gasteiger partial charge in [-0.2, -0.15) is 0 Å². The van der Waals surface area contributed by atoms with Crippen molar-refractivity contribution in [2.75, 3.05) is 0 Å². The Morgan fingerprint density at radius 2 is 0.964 bits per heavy atom. The van der Waals surface area contributed by atoms with Crippen LogP contribution in [0.2, 0.25) is 0 Å². The highest BCUT2D eigenvalue weighted by atomic mass is 14.4. The molecule has 4 aliphatic carbocycles. The van der Waals surface area contributed by atoms with Crippen molar-refractivity contribution in [1.82, 2.24) is 0 Å². The van der Waals surface area contributed by atoms with Gasteiger partial charge in [0.2, 0.25) is 0 Å². The second-order valence-corrected chi connectivity index (χ2v) is 11.6. The Kier molecular flexibility index (Phi) is 11.0. The largest absolute Gasteiger partial charge is 0.0656 e. The molecule has 0 heteroatoms. The van der Waals surface area contributed by atoms with E-state index < -0.39 is 0 Å². The molecule has 0 aliphatic heterocycles. The molecule has 166 valence electrons. The van der Waals surface area contributed by atoms with Crippen LogP contribution in [0.5, 0.6) is 0 Å². The lowest BCUT2D eigenvalue weighted by atomic mass is 9.67. The Balaban J connectivity index is 0.000000186. The molecular formula is C28H54. The predicted molar refractivity (Wildman–Crippen MR) is 127 cm³/mol. The molecule has 0 aromatic carbocycles. The Labute approximate surface area is 179 Å². The van der Waals surface area contributed by atoms with Gasteiger partial charge >= 0.3 is 0 Å². The summed E-state index contributed by atoms with van der Waals surface area (Å²) in [6.45, 7) is 14.0. The summed E-state index contributed by atoms with van der Waals surface area (Å²) in [7, 11) is 0. The van der Waals surface area contributed by atoms with Crippen molar-refractivity contribution in [1.29, 1.82) is 0 Å². The first kappa shape index (κ1) is 24.3. The third-order valence-electron chi connectivity index (χ3n) is 8.84. The first-order chi connectivity index (χ1) is 13.4. The molecule has 4 saturated carbocycles. The lowest BCUT2D eigenvalue weighted by Gasteiger charge is -2.39. The average molecular weight is 391 g/mol. The summed E-state index contributed by atoms with van der Waals surface area (Å²) >= 11 is 0. The Bertz CT molecular complexity index is 379. The summed E-state index contributed by atoms with van der Waals surface area (Å²) in [6.07, 6.45) is 21.1. The van der Waals surface area contributed by atoms with E-state index in [1.165, 1.54) is 64.2 Å². The molecule has 28 heavy (non-hydrogen) atoms. The maximum Gasteiger partial charge on any atom is -0.0381 e. The highest BCUT2D eigenvalue weighted by Crippen LogP contribution is 2.45. The molecule has 0 radical (unpaired) electrons. The van der Waals surface area contributed by atoms with Gasteiger partial charge in [-0.25, -0.2) is 0 Å². The fourth-order valence-corrected chi connectivity index (χ4v) is 6.55. The Morgan fingerprint density at radius 1 is 0.464 bits per heavy atom. The molecule has 3 atom stereocenters. The second-order valence-electron chi connectivity index (χ2n) is 11.6. The lowest BCUT2D eigenvalue weighted by molar-refractivity contribution is 0.120. The minimum atomic E-state index is 0.989. The van der Waals surface area contributed by atoms with Crippen LogP contribution in [0.15, 0.2) is 0 Å². The van der Waals surface area contributed by atoms with Crippen LogP contribution >= 0.6 is 0 Å². The van der Waals surface area contributed by atoms with Gasteiger partial charge in [0.15, 0.2) is 0 Å². The molecule has 0 aromatic rings. The molecule has 0 heterocycles. The Hall–Kier alpha value is 0. The maximum atomic E-state index is 2.47. The topological polar surface area (TPSA) is 0 Å². The van der Waals surface area contributed by atoms with Crippen molar-refractivity contribution in [3.05, 3.63) is 0 Å². The van der Waals surface area contributed by atoms with Gasteiger partial charge in [0.25, 0.3) is 0 Å². The molecule has 0 aromatic heterocycles. The Morgan fingerprint density at radius 3 is 1.46 bits per heavy atom. The van der Waals surface area contributed by atoms with Crippen LogP contribution in [0.25, 0.3) is 0 Å². The standard InChI is InChI=1S/C15H28.C10H18.C3H8/c1-11-4-7-14(8-5-11)15-9-6-12(2)13(3)10-15;1-8-6-10(7-8)9-4-2-3-5-9;1-3-2/h11-15H,4-10H2,1-3H3;8-10H,2-7H2,1H3;3H2,1-2H3. The normalized spacial score (nSPS) is 41.1. The van der Waals surface area contributed by atoms with Gasteiger partial charge in [0.05, 0.1) is 0 Å². The molecule has 0 bridgehead atoms. The van der Waals surface area contributed by atoms with Crippen LogP contribution in [-0.2, 0) is 0 Å². The molecule has 0 spiro atoms. The zero-order chi connectivity index (χ0) is 20.5. The van der Waals surface area contributed by atoms with E-state index in [-0.39, 0.29) is 0 Å². The minimum absolute atomic E-state index is 0.989. The van der Waals surface area contributed by atoms with Crippen molar-refractivity contribution in [2.24, 2.45) is 47.3 Å². The molecule has 0 N–H and O–H groups in total. The average Bonchev–Trinajstić information content (AvgIpc) is 3.17. The van der Waals surface area contributed by atoms with Gasteiger partial charge in [-0.3, -0.25) is 0 Å². The summed E-state index contributed by atoms with van der Waals surface area (Å²) in [6, 6.07) is 0. The summed E-state index contributed by atoms with van der Waals surface area (Å²) < 4.78 is 0. The molecule has 0 saturated heterocycles. The highest BCUT2D eigenvalue weighted by molar-refractivity contribution is 4.84. The van der Waals surface area contributed by atoms with Gasteiger partial charge in [0, 0.05) is 0 Å². The van der Waals surface area contributed by atoms with Gasteiger partial charge in [-0.1, -0.05) is 92.9 Å². The third-order valence-corrected chi connectivity index (χ3v) is 8.84. The number of hydrogen-bond acceptors (Lipinski definition) is 0. The van der Waals surface area contributed by atoms with Gasteiger partial charge in [0.1, 0.15) is 0 Å². The summed E-state index contributed by atoms with van der Waals surface area (Å²) in [5.74, 6) is 8.53. The zero-order valence-corrected chi connectivity index (χ0v) is 20.5. The second kappa shape index (κ2) is 12.6. The fraction of sp³-hybridized carbons (Fsp3) is 1.00. The maximum absolute atomic E-state index is 2.47. The fourth-order valence-electron chi connectivity index (χ4n) is 6.55. The van der Waals surface area contributed by atoms with Crippen LogP contribution in [0.3, 0.4) is 0 Å². The zero-order valence-electron chi connectivity index (χ0n) is 20.5. The molecule has 0 amide bonds. The minimum Gasteiger partial charge on any atom is -0.0656 e. The van der Waals surface area contributed by atoms with Gasteiger partial charge < -0.3 is 0 Å². The molecule has 4 aliphatic rings. The highest BCUT2D eigenvalue weighted by Gasteiger charge is 2.33. The van der Waals surface area contributed by atoms with Crippen molar-refractivity contribution >= 4 is 0 Å². The van der Waals surface area contributed by atoms with E-state index in [9.17, 15) is 0 Å². The van der Waals surface area contributed by atoms with Crippen molar-refractivity contribution in [3.8, 4) is 0 Å². The van der Waals surface area contributed by atoms with E-state index in [1.54, 1.807) is 25.7 Å². The lowest BCUT2D eigenvalue weighted by Crippen LogP contribution is -2.28. The van der Waals surface area contributed by atoms with Crippen LogP contribution < -0.4 is 0 Å². The van der Waals surface area contributed by atoms with Crippen LogP contribution in [0, 0.1) is 47.3 Å². The van der Waals surface area contributed by atoms with Crippen molar-refractivity contribution < 1.29 is 0 Å². The first-order valence-corrected chi connectivity index (χ1v) is 13.4. The SMILES string of the molecule is CC1CC(C2CCCC2)C1.CC1CCC(C2CCC(C)C(C)C2)CC1.CCC. The molecular weight excluding hydrogens is 336 g/mol. The van der Waals surface area contributed by atoms with Crippen LogP contribution in [-0.4, -0.2) is 0 Å². The van der Waals surface area contributed by atoms with E-state index in [1.807, 2.05) is 0 Å². The molecule has 4 rings (SSSR count). The van der Waals surface area contributed by atoms with Crippen LogP contribution in [0.4, 0.5) is 0 Å². The molecule has 3 unspecified atom stereocenters. The van der Waals surface area contributed by atoms with E-state index in [0.717, 1.165) is 47.3 Å². The number of rotatable bonds is 2. The van der Waals surface area contributed by atoms with E-state index in [0.29, 0.717) is 0 Å². The summed E-state index contributed by atoms with van der Waals surface area (Å²) in [5.41, 5.74) is 0. The van der Waals surface area contributed by atoms with Crippen LogP contribution in [0.1, 0.15) is 131 Å². The molecule has 4 fully saturated rings. The third kappa shape index (κ3) is 7.68. The summed E-state index contributed by atoms with van der Waals surface area (Å²) in [5, 5.41) is 0. The monoisotopic (exact) mass is 390 g/mol. The molecule has 0 nitrogen and oxygen atoms in total.